The van der Waals surface area contributed by atoms with Crippen molar-refractivity contribution in [3.63, 3.8) is 0 Å². The SMILES string of the molecule is Cc1ccc(N)cc1SCCC#N. The van der Waals surface area contributed by atoms with Gasteiger partial charge >= 0.3 is 0 Å². The number of nitrogens with two attached hydrogens (primary N) is 1. The third-order valence-electron chi connectivity index (χ3n) is 1.68. The minimum atomic E-state index is 0.582. The number of nitrogens with zero attached hydrogens (tertiary/aromatic N) is 1. The first-order valence-electron chi connectivity index (χ1n) is 4.10. The second kappa shape index (κ2) is 4.78. The first kappa shape index (κ1) is 9.94. The summed E-state index contributed by atoms with van der Waals surface area (Å²) >= 11 is 1.68. The lowest BCUT2D eigenvalue weighted by atomic mass is 10.2. The van der Waals surface area contributed by atoms with Crippen LogP contribution in [0.1, 0.15) is 12.0 Å². The molecular weight excluding hydrogens is 180 g/mol. The summed E-state index contributed by atoms with van der Waals surface area (Å²) in [4.78, 5) is 1.18. The Bertz CT molecular complexity index is 328. The number of hydrogen-bond donors (Lipinski definition) is 1. The van der Waals surface area contributed by atoms with E-state index in [4.69, 9.17) is 11.0 Å². The first-order chi connectivity index (χ1) is 6.24. The van der Waals surface area contributed by atoms with Crippen LogP contribution in [0.3, 0.4) is 0 Å². The Balaban J connectivity index is 2.65. The summed E-state index contributed by atoms with van der Waals surface area (Å²) in [6, 6.07) is 7.97. The van der Waals surface area contributed by atoms with E-state index in [1.165, 1.54) is 10.5 Å². The Morgan fingerprint density at radius 2 is 2.31 bits per heavy atom. The zero-order valence-corrected chi connectivity index (χ0v) is 8.40. The highest BCUT2D eigenvalue weighted by Crippen LogP contribution is 2.24. The van der Waals surface area contributed by atoms with Gasteiger partial charge in [0.25, 0.3) is 0 Å². The molecule has 0 saturated heterocycles. The Morgan fingerprint density at radius 3 is 3.00 bits per heavy atom. The van der Waals surface area contributed by atoms with Crippen molar-refractivity contribution in [3.05, 3.63) is 23.8 Å². The average Bonchev–Trinajstić information content (AvgIpc) is 2.11. The molecule has 0 saturated carbocycles. The van der Waals surface area contributed by atoms with Crippen LogP contribution in [0.2, 0.25) is 0 Å². The molecule has 0 unspecified atom stereocenters. The van der Waals surface area contributed by atoms with Gasteiger partial charge in [-0.2, -0.15) is 5.26 Å². The fraction of sp³-hybridized carbons (Fsp3) is 0.300. The van der Waals surface area contributed by atoms with Crippen LogP contribution in [0.4, 0.5) is 5.69 Å². The van der Waals surface area contributed by atoms with Gasteiger partial charge in [0.05, 0.1) is 6.07 Å². The molecule has 2 nitrogen and oxygen atoms in total. The highest BCUT2D eigenvalue weighted by atomic mass is 32.2. The maximum absolute atomic E-state index is 8.38. The van der Waals surface area contributed by atoms with Gasteiger partial charge < -0.3 is 5.73 Å². The van der Waals surface area contributed by atoms with Crippen LogP contribution in [0.5, 0.6) is 0 Å². The summed E-state index contributed by atoms with van der Waals surface area (Å²) in [5.74, 6) is 0.834. The fourth-order valence-corrected chi connectivity index (χ4v) is 1.91. The van der Waals surface area contributed by atoms with Crippen molar-refractivity contribution in [3.8, 4) is 6.07 Å². The molecule has 0 amide bonds. The zero-order valence-electron chi connectivity index (χ0n) is 7.58. The van der Waals surface area contributed by atoms with Gasteiger partial charge in [-0.1, -0.05) is 6.07 Å². The van der Waals surface area contributed by atoms with E-state index in [-0.39, 0.29) is 0 Å². The van der Waals surface area contributed by atoms with Crippen LogP contribution in [-0.2, 0) is 0 Å². The molecule has 0 radical (unpaired) electrons. The molecule has 0 heterocycles. The third-order valence-corrected chi connectivity index (χ3v) is 2.84. The molecule has 0 aliphatic heterocycles. The maximum Gasteiger partial charge on any atom is 0.0630 e. The standard InChI is InChI=1S/C10H12N2S/c1-8-3-4-9(12)7-10(8)13-6-2-5-11/h3-4,7H,2,6,12H2,1H3. The summed E-state index contributed by atoms with van der Waals surface area (Å²) in [5, 5.41) is 8.38. The monoisotopic (exact) mass is 192 g/mol. The van der Waals surface area contributed by atoms with Gasteiger partial charge in [-0.05, 0) is 24.6 Å². The Hall–Kier alpha value is -1.14. The lowest BCUT2D eigenvalue weighted by Crippen LogP contribution is -1.87. The average molecular weight is 192 g/mol. The minimum Gasteiger partial charge on any atom is -0.399 e. The molecule has 68 valence electrons. The van der Waals surface area contributed by atoms with Gasteiger partial charge in [-0.15, -0.1) is 11.8 Å². The lowest BCUT2D eigenvalue weighted by Gasteiger charge is -2.04. The number of nitriles is 1. The highest BCUT2D eigenvalue weighted by molar-refractivity contribution is 7.99. The van der Waals surface area contributed by atoms with Gasteiger partial charge in [0.2, 0.25) is 0 Å². The summed E-state index contributed by atoms with van der Waals surface area (Å²) in [5.41, 5.74) is 7.66. The molecule has 0 aliphatic rings. The molecule has 2 N–H and O–H groups in total. The molecular formula is C10H12N2S. The highest BCUT2D eigenvalue weighted by Gasteiger charge is 1.98. The Kier molecular flexibility index (Phi) is 3.66. The number of benzene rings is 1. The van der Waals surface area contributed by atoms with Gasteiger partial charge in [0.15, 0.2) is 0 Å². The Labute approximate surface area is 82.7 Å². The van der Waals surface area contributed by atoms with Crippen LogP contribution in [-0.4, -0.2) is 5.75 Å². The number of aryl methyl sites for hydroxylation is 1. The van der Waals surface area contributed by atoms with Crippen molar-refractivity contribution in [2.75, 3.05) is 11.5 Å². The lowest BCUT2D eigenvalue weighted by molar-refractivity contribution is 1.22. The van der Waals surface area contributed by atoms with E-state index in [0.29, 0.717) is 6.42 Å². The molecule has 1 rings (SSSR count). The van der Waals surface area contributed by atoms with E-state index in [1.807, 2.05) is 25.1 Å². The van der Waals surface area contributed by atoms with Gasteiger partial charge in [0.1, 0.15) is 0 Å². The molecule has 1 aromatic carbocycles. The number of thioether (sulfide) groups is 1. The van der Waals surface area contributed by atoms with E-state index >= 15 is 0 Å². The number of nitrogen functional groups attached to an aromatic ring is 1. The molecule has 0 spiro atoms. The molecule has 3 heteroatoms. The maximum atomic E-state index is 8.38. The molecule has 0 atom stereocenters. The molecule has 0 bridgehead atoms. The second-order valence-corrected chi connectivity index (χ2v) is 3.92. The summed E-state index contributed by atoms with van der Waals surface area (Å²) in [6.45, 7) is 2.05. The number of anilines is 1. The Morgan fingerprint density at radius 1 is 1.54 bits per heavy atom. The van der Waals surface area contributed by atoms with E-state index in [1.54, 1.807) is 11.8 Å². The summed E-state index contributed by atoms with van der Waals surface area (Å²) < 4.78 is 0. The number of rotatable bonds is 3. The van der Waals surface area contributed by atoms with E-state index in [9.17, 15) is 0 Å². The molecule has 1 aromatic rings. The van der Waals surface area contributed by atoms with Gasteiger partial charge in [-0.25, -0.2) is 0 Å². The largest absolute Gasteiger partial charge is 0.399 e. The van der Waals surface area contributed by atoms with Crippen LogP contribution >= 0.6 is 11.8 Å². The topological polar surface area (TPSA) is 49.8 Å². The predicted molar refractivity (Wildman–Crippen MR) is 56.5 cm³/mol. The summed E-state index contributed by atoms with van der Waals surface area (Å²) in [6.07, 6.45) is 0.582. The van der Waals surface area contributed by atoms with E-state index < -0.39 is 0 Å². The smallest absolute Gasteiger partial charge is 0.0630 e. The molecule has 0 aromatic heterocycles. The van der Waals surface area contributed by atoms with E-state index in [2.05, 4.69) is 6.07 Å². The second-order valence-electron chi connectivity index (χ2n) is 2.78. The van der Waals surface area contributed by atoms with Gasteiger partial charge in [0, 0.05) is 22.8 Å². The minimum absolute atomic E-state index is 0.582. The molecule has 0 fully saturated rings. The van der Waals surface area contributed by atoms with Gasteiger partial charge in [-0.3, -0.25) is 0 Å². The van der Waals surface area contributed by atoms with Crippen LogP contribution in [0.15, 0.2) is 23.1 Å². The normalized spacial score (nSPS) is 9.54. The third kappa shape index (κ3) is 3.00. The van der Waals surface area contributed by atoms with Crippen LogP contribution in [0.25, 0.3) is 0 Å². The van der Waals surface area contributed by atoms with Crippen molar-refractivity contribution in [1.82, 2.24) is 0 Å². The fourth-order valence-electron chi connectivity index (χ4n) is 0.979. The van der Waals surface area contributed by atoms with Crippen molar-refractivity contribution >= 4 is 17.4 Å². The van der Waals surface area contributed by atoms with Crippen molar-refractivity contribution in [2.24, 2.45) is 0 Å². The zero-order chi connectivity index (χ0) is 9.68. The first-order valence-corrected chi connectivity index (χ1v) is 5.08. The van der Waals surface area contributed by atoms with Crippen molar-refractivity contribution in [2.45, 2.75) is 18.2 Å². The predicted octanol–water partition coefficient (Wildman–Crippen LogP) is 2.58. The quantitative estimate of drug-likeness (QED) is 0.455. The number of hydrogen-bond acceptors (Lipinski definition) is 3. The van der Waals surface area contributed by atoms with Crippen molar-refractivity contribution in [1.29, 1.82) is 5.26 Å². The molecule has 13 heavy (non-hydrogen) atoms. The van der Waals surface area contributed by atoms with Crippen LogP contribution in [0, 0.1) is 18.3 Å². The summed E-state index contributed by atoms with van der Waals surface area (Å²) in [7, 11) is 0. The van der Waals surface area contributed by atoms with Crippen LogP contribution < -0.4 is 5.73 Å². The molecule has 0 aliphatic carbocycles. The van der Waals surface area contributed by atoms with Crippen molar-refractivity contribution < 1.29 is 0 Å². The van der Waals surface area contributed by atoms with E-state index in [0.717, 1.165) is 11.4 Å².